The first-order chi connectivity index (χ1) is 13.1. The average Bonchev–Trinajstić information content (AvgIpc) is 3.15. The number of nitrogens with one attached hydrogen (secondary N) is 1. The first kappa shape index (κ1) is 17.9. The molecule has 0 saturated heterocycles. The first-order valence-corrected chi connectivity index (χ1v) is 9.60. The molecule has 2 aliphatic heterocycles. The number of methoxy groups -OCH3 is 2. The van der Waals surface area contributed by atoms with Crippen LogP contribution in [0.25, 0.3) is 0 Å². The topological polar surface area (TPSA) is 43.2 Å². The van der Waals surface area contributed by atoms with Crippen molar-refractivity contribution in [3.63, 3.8) is 0 Å². The van der Waals surface area contributed by atoms with Crippen molar-refractivity contribution in [3.8, 4) is 11.5 Å². The Kier molecular flexibility index (Phi) is 4.79. The smallest absolute Gasteiger partial charge is 0.284 e. The lowest BCUT2D eigenvalue weighted by molar-refractivity contribution is -0.929. The number of benzene rings is 2. The molecule has 0 saturated carbocycles. The van der Waals surface area contributed by atoms with Gasteiger partial charge in [-0.1, -0.05) is 18.2 Å². The standard InChI is InChI=1S/C22H26N2O3/c1-15(22(25)24-11-9-16-6-4-5-7-19(16)24)23-10-8-17-12-20(26-2)21(27-3)13-18(17)14-23/h4-7,12-13,15H,8-11,14H2,1-3H3/p+1/t15-/m0/s1. The highest BCUT2D eigenvalue weighted by Gasteiger charge is 2.35. The molecule has 2 aromatic carbocycles. The quantitative estimate of drug-likeness (QED) is 0.893. The fourth-order valence-corrected chi connectivity index (χ4v) is 4.33. The Bertz CT molecular complexity index is 865. The number of carbonyl (C=O) groups is 1. The van der Waals surface area contributed by atoms with Gasteiger partial charge in [0.1, 0.15) is 6.54 Å². The van der Waals surface area contributed by atoms with Crippen LogP contribution in [0.3, 0.4) is 0 Å². The number of fused-ring (bicyclic) bond motifs is 2. The fourth-order valence-electron chi connectivity index (χ4n) is 4.33. The molecular formula is C22H27N2O3+. The van der Waals surface area contributed by atoms with E-state index in [2.05, 4.69) is 31.2 Å². The molecule has 1 amide bonds. The number of quaternary nitrogens is 1. The summed E-state index contributed by atoms with van der Waals surface area (Å²) in [5.41, 5.74) is 4.89. The maximum atomic E-state index is 13.2. The number of carbonyl (C=O) groups excluding carboxylic acids is 1. The van der Waals surface area contributed by atoms with Gasteiger partial charge >= 0.3 is 0 Å². The van der Waals surface area contributed by atoms with Crippen LogP contribution >= 0.6 is 0 Å². The number of nitrogens with zero attached hydrogens (tertiary/aromatic N) is 1. The van der Waals surface area contributed by atoms with Crippen LogP contribution in [0, 0.1) is 0 Å². The van der Waals surface area contributed by atoms with E-state index in [1.807, 2.05) is 17.0 Å². The molecule has 2 aliphatic rings. The Labute approximate surface area is 160 Å². The van der Waals surface area contributed by atoms with Crippen molar-refractivity contribution in [1.82, 2.24) is 0 Å². The molecule has 142 valence electrons. The third kappa shape index (κ3) is 3.16. The van der Waals surface area contributed by atoms with Crippen molar-refractivity contribution in [1.29, 1.82) is 0 Å². The summed E-state index contributed by atoms with van der Waals surface area (Å²) in [4.78, 5) is 16.5. The average molecular weight is 367 g/mol. The van der Waals surface area contributed by atoms with E-state index in [4.69, 9.17) is 9.47 Å². The molecule has 1 unspecified atom stereocenters. The molecule has 0 aliphatic carbocycles. The molecule has 2 heterocycles. The lowest BCUT2D eigenvalue weighted by Crippen LogP contribution is -3.16. The van der Waals surface area contributed by atoms with Gasteiger partial charge in [-0.25, -0.2) is 0 Å². The van der Waals surface area contributed by atoms with Crippen LogP contribution in [-0.4, -0.2) is 39.3 Å². The van der Waals surface area contributed by atoms with Crippen molar-refractivity contribution in [2.24, 2.45) is 0 Å². The van der Waals surface area contributed by atoms with Gasteiger partial charge in [-0.2, -0.15) is 0 Å². The summed E-state index contributed by atoms with van der Waals surface area (Å²) in [6, 6.07) is 12.3. The Morgan fingerprint density at radius 2 is 1.74 bits per heavy atom. The van der Waals surface area contributed by atoms with Gasteiger partial charge in [-0.3, -0.25) is 4.79 Å². The van der Waals surface area contributed by atoms with Gasteiger partial charge in [-0.05, 0) is 42.7 Å². The zero-order valence-electron chi connectivity index (χ0n) is 16.2. The van der Waals surface area contributed by atoms with Gasteiger partial charge in [0.25, 0.3) is 5.91 Å². The van der Waals surface area contributed by atoms with Crippen LogP contribution in [0.15, 0.2) is 36.4 Å². The van der Waals surface area contributed by atoms with Crippen LogP contribution in [0.2, 0.25) is 0 Å². The molecule has 5 heteroatoms. The monoisotopic (exact) mass is 367 g/mol. The van der Waals surface area contributed by atoms with Crippen molar-refractivity contribution in [2.75, 3.05) is 32.2 Å². The molecule has 0 radical (unpaired) electrons. The maximum absolute atomic E-state index is 13.2. The summed E-state index contributed by atoms with van der Waals surface area (Å²) in [7, 11) is 3.33. The number of ether oxygens (including phenoxy) is 2. The van der Waals surface area contributed by atoms with E-state index >= 15 is 0 Å². The molecular weight excluding hydrogens is 340 g/mol. The second-order valence-electron chi connectivity index (χ2n) is 7.40. The summed E-state index contributed by atoms with van der Waals surface area (Å²) >= 11 is 0. The third-order valence-electron chi connectivity index (χ3n) is 5.97. The minimum absolute atomic E-state index is 0.0718. The third-order valence-corrected chi connectivity index (χ3v) is 5.97. The summed E-state index contributed by atoms with van der Waals surface area (Å²) < 4.78 is 10.9. The Morgan fingerprint density at radius 3 is 2.48 bits per heavy atom. The number of rotatable bonds is 4. The molecule has 0 bridgehead atoms. The summed E-state index contributed by atoms with van der Waals surface area (Å²) in [6.45, 7) is 4.63. The van der Waals surface area contributed by atoms with Crippen molar-refractivity contribution < 1.29 is 19.2 Å². The molecule has 27 heavy (non-hydrogen) atoms. The molecule has 0 aromatic heterocycles. The minimum Gasteiger partial charge on any atom is -0.493 e. The summed E-state index contributed by atoms with van der Waals surface area (Å²) in [5.74, 6) is 1.75. The number of hydrogen-bond donors (Lipinski definition) is 1. The van der Waals surface area contributed by atoms with Crippen LogP contribution < -0.4 is 19.3 Å². The van der Waals surface area contributed by atoms with Crippen LogP contribution in [-0.2, 0) is 24.2 Å². The zero-order valence-corrected chi connectivity index (χ0v) is 16.2. The normalized spacial score (nSPS) is 19.2. The molecule has 1 N–H and O–H groups in total. The predicted octanol–water partition coefficient (Wildman–Crippen LogP) is 1.62. The summed E-state index contributed by atoms with van der Waals surface area (Å²) in [6.07, 6.45) is 1.89. The predicted molar refractivity (Wildman–Crippen MR) is 105 cm³/mol. The van der Waals surface area contributed by atoms with Gasteiger partial charge < -0.3 is 19.3 Å². The lowest BCUT2D eigenvalue weighted by atomic mass is 9.97. The number of anilines is 1. The molecule has 0 fully saturated rings. The van der Waals surface area contributed by atoms with Gasteiger partial charge in [-0.15, -0.1) is 0 Å². The molecule has 2 atom stereocenters. The minimum atomic E-state index is -0.0718. The van der Waals surface area contributed by atoms with Gasteiger partial charge in [0, 0.05) is 24.2 Å². The number of para-hydroxylation sites is 1. The Morgan fingerprint density at radius 1 is 1.04 bits per heavy atom. The van der Waals surface area contributed by atoms with E-state index < -0.39 is 0 Å². The molecule has 5 nitrogen and oxygen atoms in total. The van der Waals surface area contributed by atoms with Crippen LogP contribution in [0.5, 0.6) is 11.5 Å². The SMILES string of the molecule is COc1cc2c(cc1OC)C[NH+]([C@@H](C)C(=O)N1CCc3ccccc31)CC2. The molecule has 2 aromatic rings. The van der Waals surface area contributed by atoms with E-state index in [9.17, 15) is 4.79 Å². The number of hydrogen-bond acceptors (Lipinski definition) is 3. The van der Waals surface area contributed by atoms with Gasteiger partial charge in [0.05, 0.1) is 20.8 Å². The number of amides is 1. The van der Waals surface area contributed by atoms with E-state index in [-0.39, 0.29) is 11.9 Å². The Hall–Kier alpha value is -2.53. The summed E-state index contributed by atoms with van der Waals surface area (Å²) in [5, 5.41) is 0. The first-order valence-electron chi connectivity index (χ1n) is 9.60. The second-order valence-corrected chi connectivity index (χ2v) is 7.40. The lowest BCUT2D eigenvalue weighted by Gasteiger charge is -2.32. The zero-order chi connectivity index (χ0) is 19.0. The molecule has 0 spiro atoms. The van der Waals surface area contributed by atoms with Crippen molar-refractivity contribution >= 4 is 11.6 Å². The Balaban J connectivity index is 1.53. The van der Waals surface area contributed by atoms with Crippen molar-refractivity contribution in [3.05, 3.63) is 53.1 Å². The van der Waals surface area contributed by atoms with E-state index in [0.717, 1.165) is 49.7 Å². The van der Waals surface area contributed by atoms with Crippen LogP contribution in [0.4, 0.5) is 5.69 Å². The van der Waals surface area contributed by atoms with E-state index in [0.29, 0.717) is 0 Å². The fraction of sp³-hybridized carbons (Fsp3) is 0.409. The maximum Gasteiger partial charge on any atom is 0.284 e. The largest absolute Gasteiger partial charge is 0.493 e. The highest BCUT2D eigenvalue weighted by molar-refractivity contribution is 5.97. The van der Waals surface area contributed by atoms with Gasteiger partial charge in [0.2, 0.25) is 0 Å². The van der Waals surface area contributed by atoms with Crippen molar-refractivity contribution in [2.45, 2.75) is 32.4 Å². The van der Waals surface area contributed by atoms with E-state index in [1.165, 1.54) is 21.6 Å². The van der Waals surface area contributed by atoms with E-state index in [1.54, 1.807) is 14.2 Å². The molecule has 4 rings (SSSR count). The second kappa shape index (κ2) is 7.24. The highest BCUT2D eigenvalue weighted by Crippen LogP contribution is 2.31. The van der Waals surface area contributed by atoms with Gasteiger partial charge in [0.15, 0.2) is 17.5 Å². The van der Waals surface area contributed by atoms with Crippen LogP contribution in [0.1, 0.15) is 23.6 Å². The highest BCUT2D eigenvalue weighted by atomic mass is 16.5.